The predicted molar refractivity (Wildman–Crippen MR) is 131 cm³/mol. The smallest absolute Gasteiger partial charge is 0.302 e. The molecule has 0 N–H and O–H groups in total. The van der Waals surface area contributed by atoms with Gasteiger partial charge in [-0.25, -0.2) is 9.37 Å². The first-order chi connectivity index (χ1) is 16.5. The van der Waals surface area contributed by atoms with Crippen molar-refractivity contribution < 1.29 is 14.2 Å². The summed E-state index contributed by atoms with van der Waals surface area (Å²) in [6, 6.07) is -0.901. The van der Waals surface area contributed by atoms with E-state index in [0.29, 0.717) is 18.3 Å². The number of amides is 3. The van der Waals surface area contributed by atoms with Gasteiger partial charge in [0.1, 0.15) is 12.6 Å². The van der Waals surface area contributed by atoms with Crippen molar-refractivity contribution in [1.29, 1.82) is 0 Å². The maximum absolute atomic E-state index is 13.7. The minimum Gasteiger partial charge on any atom is -0.302 e. The van der Waals surface area contributed by atoms with Crippen LogP contribution in [-0.2, 0) is 4.79 Å². The van der Waals surface area contributed by atoms with Crippen molar-refractivity contribution in [2.24, 2.45) is 10.1 Å². The monoisotopic (exact) mass is 471 g/mol. The number of piperidine rings is 2. The second kappa shape index (κ2) is 9.73. The van der Waals surface area contributed by atoms with Crippen LogP contribution >= 0.6 is 0 Å². The van der Waals surface area contributed by atoms with Gasteiger partial charge in [-0.2, -0.15) is 0 Å². The van der Waals surface area contributed by atoms with Gasteiger partial charge in [0.2, 0.25) is 11.9 Å². The molecular weight excluding hydrogens is 432 g/mol. The van der Waals surface area contributed by atoms with Gasteiger partial charge in [-0.15, -0.1) is 10.1 Å². The third kappa shape index (κ3) is 4.26. The van der Waals surface area contributed by atoms with Gasteiger partial charge in [-0.1, -0.05) is 17.8 Å². The highest BCUT2D eigenvalue weighted by Crippen LogP contribution is 2.25. The molecular formula is C24H39N8O2+. The number of urea groups is 1. The number of rotatable bonds is 6. The first kappa shape index (κ1) is 23.4. The normalized spacial score (nSPS) is 28.9. The maximum atomic E-state index is 13.7. The van der Waals surface area contributed by atoms with Crippen molar-refractivity contribution in [2.75, 3.05) is 59.4 Å². The van der Waals surface area contributed by atoms with E-state index in [1.807, 2.05) is 11.9 Å². The van der Waals surface area contributed by atoms with E-state index in [-0.39, 0.29) is 18.0 Å². The third-order valence-electron chi connectivity index (χ3n) is 8.03. The van der Waals surface area contributed by atoms with Crippen LogP contribution in [0.1, 0.15) is 52.4 Å². The van der Waals surface area contributed by atoms with Crippen LogP contribution in [0, 0.1) is 0 Å². The summed E-state index contributed by atoms with van der Waals surface area (Å²) in [6.07, 6.45) is 7.46. The number of guanidine groups is 1. The zero-order chi connectivity index (χ0) is 23.8. The van der Waals surface area contributed by atoms with Gasteiger partial charge in [0.15, 0.2) is 0 Å². The molecule has 5 aliphatic heterocycles. The van der Waals surface area contributed by atoms with E-state index in [1.54, 1.807) is 11.9 Å². The van der Waals surface area contributed by atoms with Crippen molar-refractivity contribution in [3.8, 4) is 0 Å². The summed E-state index contributed by atoms with van der Waals surface area (Å²) in [4.78, 5) is 39.6. The number of amidine groups is 1. The van der Waals surface area contributed by atoms with Gasteiger partial charge in [0.05, 0.1) is 5.71 Å². The number of nitrogens with zero attached hydrogens (tertiary/aromatic N) is 8. The van der Waals surface area contributed by atoms with Crippen LogP contribution in [0.25, 0.3) is 0 Å². The molecule has 186 valence electrons. The lowest BCUT2D eigenvalue weighted by molar-refractivity contribution is -0.559. The Kier molecular flexibility index (Phi) is 6.70. The molecule has 2 atom stereocenters. The minimum absolute atomic E-state index is 0.0537. The van der Waals surface area contributed by atoms with Crippen LogP contribution in [-0.4, -0.2) is 130 Å². The van der Waals surface area contributed by atoms with E-state index < -0.39 is 6.04 Å². The Balaban J connectivity index is 1.35. The Morgan fingerprint density at radius 1 is 0.882 bits per heavy atom. The second-order valence-corrected chi connectivity index (χ2v) is 10.3. The lowest BCUT2D eigenvalue weighted by atomic mass is 10.1. The molecule has 3 amide bonds. The molecule has 5 rings (SSSR count). The summed E-state index contributed by atoms with van der Waals surface area (Å²) < 4.78 is 2.08. The summed E-state index contributed by atoms with van der Waals surface area (Å²) in [5.74, 6) is 1.06. The van der Waals surface area contributed by atoms with Crippen molar-refractivity contribution in [3.05, 3.63) is 0 Å². The molecule has 5 aliphatic rings. The number of imide groups is 1. The average molecular weight is 472 g/mol. The largest absolute Gasteiger partial charge is 0.416 e. The highest BCUT2D eigenvalue weighted by molar-refractivity contribution is 6.23. The zero-order valence-electron chi connectivity index (χ0n) is 20.9. The van der Waals surface area contributed by atoms with Crippen LogP contribution in [0.3, 0.4) is 0 Å². The molecule has 10 nitrogen and oxygen atoms in total. The molecule has 0 aliphatic carbocycles. The number of fused-ring (bicyclic) bond motifs is 2. The van der Waals surface area contributed by atoms with Crippen molar-refractivity contribution in [2.45, 2.75) is 64.5 Å². The van der Waals surface area contributed by atoms with Crippen LogP contribution in [0.4, 0.5) is 4.79 Å². The number of carbonyl (C=O) groups excluding carboxylic acids is 2. The van der Waals surface area contributed by atoms with E-state index in [1.165, 1.54) is 43.4 Å². The van der Waals surface area contributed by atoms with Crippen LogP contribution < -0.4 is 0 Å². The van der Waals surface area contributed by atoms with Crippen molar-refractivity contribution >= 4 is 29.4 Å². The molecule has 0 aromatic heterocycles. The Hall–Kier alpha value is -2.33. The van der Waals surface area contributed by atoms with Crippen LogP contribution in [0.5, 0.6) is 0 Å². The molecule has 0 bridgehead atoms. The highest BCUT2D eigenvalue weighted by Gasteiger charge is 2.56. The molecule has 5 heterocycles. The molecule has 10 heteroatoms. The Labute approximate surface area is 202 Å². The minimum atomic E-state index is -0.572. The third-order valence-corrected chi connectivity index (χ3v) is 8.03. The lowest BCUT2D eigenvalue weighted by Gasteiger charge is -2.37. The molecule has 34 heavy (non-hydrogen) atoms. The van der Waals surface area contributed by atoms with Crippen LogP contribution in [0.15, 0.2) is 10.1 Å². The van der Waals surface area contributed by atoms with Gasteiger partial charge in [0.25, 0.3) is 5.91 Å². The number of likely N-dealkylation sites (N-methyl/N-ethyl adjacent to an activating group) is 1. The molecule has 3 saturated heterocycles. The molecule has 2 unspecified atom stereocenters. The lowest BCUT2D eigenvalue weighted by Crippen LogP contribution is -2.65. The molecule has 3 fully saturated rings. The number of hydrogen-bond donors (Lipinski definition) is 0. The van der Waals surface area contributed by atoms with Crippen molar-refractivity contribution in [3.63, 3.8) is 0 Å². The molecule has 0 saturated carbocycles. The fourth-order valence-corrected chi connectivity index (χ4v) is 5.78. The first-order valence-electron chi connectivity index (χ1n) is 13.1. The van der Waals surface area contributed by atoms with Gasteiger partial charge >= 0.3 is 12.0 Å². The number of hydrazone groups is 1. The Bertz CT molecular complexity index is 916. The summed E-state index contributed by atoms with van der Waals surface area (Å²) >= 11 is 0. The van der Waals surface area contributed by atoms with Gasteiger partial charge in [-0.05, 0) is 65.7 Å². The van der Waals surface area contributed by atoms with E-state index in [9.17, 15) is 9.59 Å². The summed E-state index contributed by atoms with van der Waals surface area (Å²) in [5, 5.41) is 6.78. The van der Waals surface area contributed by atoms with E-state index in [0.717, 1.165) is 51.5 Å². The first-order valence-corrected chi connectivity index (χ1v) is 13.1. The molecule has 0 radical (unpaired) electrons. The van der Waals surface area contributed by atoms with Crippen molar-refractivity contribution in [1.82, 2.24) is 24.6 Å². The highest BCUT2D eigenvalue weighted by atomic mass is 16.2. The fraction of sp³-hybridized carbons (Fsp3) is 0.792. The number of hydrogen-bond acceptors (Lipinski definition) is 7. The molecule has 0 aromatic carbocycles. The van der Waals surface area contributed by atoms with Gasteiger partial charge in [-0.3, -0.25) is 14.6 Å². The standard InChI is InChI=1S/C24H39N8O2/c1-18-19(2)32-20-21(25-23(32)31(26-18)17-15-29-12-8-5-9-13-29)27(3)24(34)30(22(20)33)16-14-28-10-6-4-7-11-28/h19-20H,4-17H2,1-3H3/q+1. The zero-order valence-corrected chi connectivity index (χ0v) is 20.9. The van der Waals surface area contributed by atoms with Crippen LogP contribution in [0.2, 0.25) is 0 Å². The number of likely N-dealkylation sites (tertiary alicyclic amines) is 2. The second-order valence-electron chi connectivity index (χ2n) is 10.3. The molecule has 0 spiro atoms. The van der Waals surface area contributed by atoms with Gasteiger partial charge in [0, 0.05) is 26.7 Å². The average Bonchev–Trinajstić information content (AvgIpc) is 3.27. The quantitative estimate of drug-likeness (QED) is 0.542. The number of aliphatic imine (C=N–C) groups is 1. The van der Waals surface area contributed by atoms with E-state index >= 15 is 0 Å². The SMILES string of the molecule is CC1=NN(CCN2CCCCC2)C2=[N+](C1C)C1C(=O)N(CCN3CCCCC3)C(=O)N(C)C1=N2. The molecule has 0 aromatic rings. The van der Waals surface area contributed by atoms with E-state index in [2.05, 4.69) is 21.3 Å². The predicted octanol–water partition coefficient (Wildman–Crippen LogP) is 1.08. The summed E-state index contributed by atoms with van der Waals surface area (Å²) in [6.45, 7) is 11.2. The topological polar surface area (TPSA) is 78.1 Å². The summed E-state index contributed by atoms with van der Waals surface area (Å²) in [7, 11) is 1.74. The fourth-order valence-electron chi connectivity index (χ4n) is 5.78. The number of carbonyl (C=O) groups is 2. The maximum Gasteiger partial charge on any atom is 0.416 e. The summed E-state index contributed by atoms with van der Waals surface area (Å²) in [5.41, 5.74) is 0.964. The van der Waals surface area contributed by atoms with Gasteiger partial charge < -0.3 is 9.80 Å². The van der Waals surface area contributed by atoms with E-state index in [4.69, 9.17) is 10.1 Å². The Morgan fingerprint density at radius 3 is 2.09 bits per heavy atom. The Morgan fingerprint density at radius 2 is 1.47 bits per heavy atom.